The monoisotopic (exact) mass is 382 g/mol. The first kappa shape index (κ1) is 19.1. The van der Waals surface area contributed by atoms with E-state index >= 15 is 0 Å². The number of benzene rings is 2. The Hall–Kier alpha value is -3.20. The molecule has 0 aliphatic rings. The molecule has 2 heterocycles. The molecule has 3 nitrogen and oxygen atoms in total. The van der Waals surface area contributed by atoms with Crippen LogP contribution in [0.5, 0.6) is 0 Å². The van der Waals surface area contributed by atoms with Gasteiger partial charge in [0.05, 0.1) is 0 Å². The molecular formula is C26H26N2O. The highest BCUT2D eigenvalue weighted by molar-refractivity contribution is 5.81. The average molecular weight is 383 g/mol. The maximum Gasteiger partial charge on any atom is 0.260 e. The van der Waals surface area contributed by atoms with Crippen molar-refractivity contribution in [3.63, 3.8) is 0 Å². The Morgan fingerprint density at radius 3 is 2.52 bits per heavy atom. The predicted molar refractivity (Wildman–Crippen MR) is 120 cm³/mol. The number of nitrogens with zero attached hydrogens (tertiary/aromatic N) is 2. The number of hydrogen-bond donors (Lipinski definition) is 0. The standard InChI is InChI=1S/C26H26N2O/c1-2-20-13-8-14-22(18-20)24-19-23-15-9-16-27-25(23)28(26(24)29)17-7-6-12-21-10-4-3-5-11-21/h3-5,8-11,13-16,18-19H,2,6-7,12,17H2,1H3. The molecule has 2 aromatic heterocycles. The minimum absolute atomic E-state index is 0.0455. The van der Waals surface area contributed by atoms with Crippen LogP contribution in [0.25, 0.3) is 22.2 Å². The van der Waals surface area contributed by atoms with Gasteiger partial charge in [0.1, 0.15) is 5.65 Å². The van der Waals surface area contributed by atoms with Gasteiger partial charge >= 0.3 is 0 Å². The summed E-state index contributed by atoms with van der Waals surface area (Å²) in [6, 6.07) is 24.7. The highest BCUT2D eigenvalue weighted by Crippen LogP contribution is 2.22. The fourth-order valence-corrected chi connectivity index (χ4v) is 3.82. The van der Waals surface area contributed by atoms with Crippen LogP contribution in [-0.4, -0.2) is 9.55 Å². The van der Waals surface area contributed by atoms with Crippen molar-refractivity contribution in [2.75, 3.05) is 0 Å². The minimum Gasteiger partial charge on any atom is -0.292 e. The lowest BCUT2D eigenvalue weighted by Crippen LogP contribution is -2.23. The Labute approximate surface area is 171 Å². The van der Waals surface area contributed by atoms with Crippen LogP contribution in [0.1, 0.15) is 30.9 Å². The van der Waals surface area contributed by atoms with Gasteiger partial charge in [-0.3, -0.25) is 9.36 Å². The molecule has 146 valence electrons. The van der Waals surface area contributed by atoms with E-state index in [0.717, 1.165) is 47.8 Å². The van der Waals surface area contributed by atoms with Gasteiger partial charge in [-0.25, -0.2) is 4.98 Å². The molecule has 0 amide bonds. The summed E-state index contributed by atoms with van der Waals surface area (Å²) in [5.41, 5.74) is 5.13. The zero-order valence-electron chi connectivity index (χ0n) is 16.8. The fraction of sp³-hybridized carbons (Fsp3) is 0.231. The summed E-state index contributed by atoms with van der Waals surface area (Å²) in [7, 11) is 0. The maximum atomic E-state index is 13.4. The molecule has 0 aliphatic carbocycles. The molecule has 0 saturated carbocycles. The molecular weight excluding hydrogens is 356 g/mol. The molecule has 2 aromatic carbocycles. The second kappa shape index (κ2) is 8.87. The summed E-state index contributed by atoms with van der Waals surface area (Å²) >= 11 is 0. The van der Waals surface area contributed by atoms with Gasteiger partial charge in [0.25, 0.3) is 5.56 Å². The first-order valence-electron chi connectivity index (χ1n) is 10.4. The first-order valence-corrected chi connectivity index (χ1v) is 10.4. The van der Waals surface area contributed by atoms with Gasteiger partial charge in [0.15, 0.2) is 0 Å². The molecule has 0 atom stereocenters. The number of aryl methyl sites for hydroxylation is 3. The number of hydrogen-bond acceptors (Lipinski definition) is 2. The smallest absolute Gasteiger partial charge is 0.260 e. The molecule has 0 radical (unpaired) electrons. The third-order valence-electron chi connectivity index (χ3n) is 5.43. The first-order chi connectivity index (χ1) is 14.3. The van der Waals surface area contributed by atoms with Crippen molar-refractivity contribution in [2.24, 2.45) is 0 Å². The molecule has 29 heavy (non-hydrogen) atoms. The van der Waals surface area contributed by atoms with Gasteiger partial charge in [-0.15, -0.1) is 0 Å². The molecule has 0 fully saturated rings. The number of rotatable bonds is 7. The summed E-state index contributed by atoms with van der Waals surface area (Å²) < 4.78 is 1.86. The predicted octanol–water partition coefficient (Wildman–Crippen LogP) is 5.65. The van der Waals surface area contributed by atoms with Crippen LogP contribution in [0.15, 0.2) is 83.8 Å². The van der Waals surface area contributed by atoms with Crippen LogP contribution in [0.3, 0.4) is 0 Å². The Balaban J connectivity index is 1.65. The maximum absolute atomic E-state index is 13.4. The van der Waals surface area contributed by atoms with Crippen molar-refractivity contribution in [3.05, 3.63) is 100 Å². The van der Waals surface area contributed by atoms with Crippen LogP contribution in [0, 0.1) is 0 Å². The Morgan fingerprint density at radius 2 is 1.69 bits per heavy atom. The summed E-state index contributed by atoms with van der Waals surface area (Å²) in [6.07, 6.45) is 5.73. The van der Waals surface area contributed by atoms with Crippen LogP contribution >= 0.6 is 0 Å². The number of pyridine rings is 2. The molecule has 0 spiro atoms. The second-order valence-corrected chi connectivity index (χ2v) is 7.43. The van der Waals surface area contributed by atoms with Crippen molar-refractivity contribution in [1.29, 1.82) is 0 Å². The summed E-state index contributed by atoms with van der Waals surface area (Å²) in [6.45, 7) is 2.81. The third kappa shape index (κ3) is 4.29. The van der Waals surface area contributed by atoms with E-state index in [0.29, 0.717) is 6.54 Å². The second-order valence-electron chi connectivity index (χ2n) is 7.43. The van der Waals surface area contributed by atoms with Crippen molar-refractivity contribution in [1.82, 2.24) is 9.55 Å². The van der Waals surface area contributed by atoms with Crippen LogP contribution in [0.4, 0.5) is 0 Å². The van der Waals surface area contributed by atoms with Crippen molar-refractivity contribution in [2.45, 2.75) is 39.2 Å². The average Bonchev–Trinajstić information content (AvgIpc) is 2.78. The van der Waals surface area contributed by atoms with E-state index in [2.05, 4.69) is 48.3 Å². The number of aromatic nitrogens is 2. The number of unbranched alkanes of at least 4 members (excludes halogenated alkanes) is 1. The molecule has 3 heteroatoms. The third-order valence-corrected chi connectivity index (χ3v) is 5.43. The number of fused-ring (bicyclic) bond motifs is 1. The summed E-state index contributed by atoms with van der Waals surface area (Å²) in [4.78, 5) is 17.9. The summed E-state index contributed by atoms with van der Waals surface area (Å²) in [5.74, 6) is 0. The normalized spacial score (nSPS) is 11.1. The van der Waals surface area contributed by atoms with E-state index in [1.54, 1.807) is 6.20 Å². The quantitative estimate of drug-likeness (QED) is 0.387. The molecule has 4 aromatic rings. The zero-order valence-corrected chi connectivity index (χ0v) is 16.8. The lowest BCUT2D eigenvalue weighted by molar-refractivity contribution is 0.606. The Kier molecular flexibility index (Phi) is 5.85. The molecule has 0 saturated heterocycles. The highest BCUT2D eigenvalue weighted by atomic mass is 16.1. The van der Waals surface area contributed by atoms with Crippen molar-refractivity contribution < 1.29 is 0 Å². The van der Waals surface area contributed by atoms with Gasteiger partial charge < -0.3 is 0 Å². The molecule has 0 N–H and O–H groups in total. The van der Waals surface area contributed by atoms with Crippen LogP contribution in [-0.2, 0) is 19.4 Å². The van der Waals surface area contributed by atoms with E-state index < -0.39 is 0 Å². The van der Waals surface area contributed by atoms with Crippen molar-refractivity contribution in [3.8, 4) is 11.1 Å². The SMILES string of the molecule is CCc1cccc(-c2cc3cccnc3n(CCCCc3ccccc3)c2=O)c1. The van der Waals surface area contributed by atoms with Gasteiger partial charge in [0.2, 0.25) is 0 Å². The Morgan fingerprint density at radius 1 is 0.862 bits per heavy atom. The van der Waals surface area contributed by atoms with Crippen LogP contribution < -0.4 is 5.56 Å². The lowest BCUT2D eigenvalue weighted by atomic mass is 10.0. The van der Waals surface area contributed by atoms with Gasteiger partial charge in [0, 0.05) is 23.7 Å². The van der Waals surface area contributed by atoms with Crippen LogP contribution in [0.2, 0.25) is 0 Å². The topological polar surface area (TPSA) is 34.9 Å². The fourth-order valence-electron chi connectivity index (χ4n) is 3.82. The summed E-state index contributed by atoms with van der Waals surface area (Å²) in [5, 5.41) is 1.01. The van der Waals surface area contributed by atoms with E-state index in [1.165, 1.54) is 11.1 Å². The van der Waals surface area contributed by atoms with E-state index in [4.69, 9.17) is 0 Å². The minimum atomic E-state index is 0.0455. The van der Waals surface area contributed by atoms with Crippen molar-refractivity contribution >= 4 is 11.0 Å². The molecule has 0 bridgehead atoms. The molecule has 0 unspecified atom stereocenters. The van der Waals surface area contributed by atoms with Gasteiger partial charge in [-0.1, -0.05) is 61.5 Å². The largest absolute Gasteiger partial charge is 0.292 e. The van der Waals surface area contributed by atoms with E-state index in [-0.39, 0.29) is 5.56 Å². The highest BCUT2D eigenvalue weighted by Gasteiger charge is 2.12. The van der Waals surface area contributed by atoms with Gasteiger partial charge in [-0.2, -0.15) is 0 Å². The Bertz CT molecular complexity index is 1160. The molecule has 4 rings (SSSR count). The molecule has 0 aliphatic heterocycles. The van der Waals surface area contributed by atoms with E-state index in [1.807, 2.05) is 41.0 Å². The lowest BCUT2D eigenvalue weighted by Gasteiger charge is -2.13. The van der Waals surface area contributed by atoms with Gasteiger partial charge in [-0.05, 0) is 60.6 Å². The zero-order chi connectivity index (χ0) is 20.1. The van der Waals surface area contributed by atoms with E-state index in [9.17, 15) is 4.79 Å².